The van der Waals surface area contributed by atoms with Crippen LogP contribution in [0.4, 0.5) is 4.39 Å². The second kappa shape index (κ2) is 5.59. The van der Waals surface area contributed by atoms with Gasteiger partial charge in [0.2, 0.25) is 0 Å². The van der Waals surface area contributed by atoms with Crippen LogP contribution in [0.25, 0.3) is 0 Å². The number of aliphatic hydroxyl groups is 1. The zero-order valence-electron chi connectivity index (χ0n) is 10.7. The third kappa shape index (κ3) is 2.88. The number of halogens is 2. The van der Waals surface area contributed by atoms with Crippen LogP contribution in [0.3, 0.4) is 0 Å². The molecule has 1 atom stereocenters. The largest absolute Gasteiger partial charge is 0.496 e. The fraction of sp³-hybridized carbons (Fsp3) is 0.200. The van der Waals surface area contributed by atoms with Gasteiger partial charge < -0.3 is 9.84 Å². The van der Waals surface area contributed by atoms with Crippen LogP contribution in [-0.2, 0) is 0 Å². The Bertz CT molecular complexity index is 599. The van der Waals surface area contributed by atoms with Gasteiger partial charge in [-0.25, -0.2) is 4.39 Å². The molecule has 0 heterocycles. The Hall–Kier alpha value is -1.58. The highest BCUT2D eigenvalue weighted by atomic mass is 35.5. The van der Waals surface area contributed by atoms with Crippen LogP contribution in [0.15, 0.2) is 36.4 Å². The maximum Gasteiger partial charge on any atom is 0.126 e. The van der Waals surface area contributed by atoms with Crippen molar-refractivity contribution in [3.63, 3.8) is 0 Å². The van der Waals surface area contributed by atoms with Gasteiger partial charge in [0.25, 0.3) is 0 Å². The van der Waals surface area contributed by atoms with E-state index in [1.807, 2.05) is 0 Å². The van der Waals surface area contributed by atoms with Crippen LogP contribution in [0.2, 0.25) is 5.02 Å². The Morgan fingerprint density at radius 1 is 1.21 bits per heavy atom. The molecule has 0 bridgehead atoms. The van der Waals surface area contributed by atoms with E-state index in [9.17, 15) is 9.50 Å². The lowest BCUT2D eigenvalue weighted by Crippen LogP contribution is -2.03. The SMILES string of the molecule is COc1ccc(Cl)cc1C(O)c1ccc(F)c(C)c1. The number of aliphatic hydroxyl groups excluding tert-OH is 1. The number of benzene rings is 2. The monoisotopic (exact) mass is 280 g/mol. The molecule has 0 radical (unpaired) electrons. The Balaban J connectivity index is 2.45. The molecule has 19 heavy (non-hydrogen) atoms. The van der Waals surface area contributed by atoms with Crippen molar-refractivity contribution in [2.24, 2.45) is 0 Å². The van der Waals surface area contributed by atoms with E-state index in [1.54, 1.807) is 37.3 Å². The number of aryl methyl sites for hydroxylation is 1. The van der Waals surface area contributed by atoms with Crippen molar-refractivity contribution >= 4 is 11.6 Å². The minimum absolute atomic E-state index is 0.297. The number of ether oxygens (including phenoxy) is 1. The van der Waals surface area contributed by atoms with Gasteiger partial charge in [0.15, 0.2) is 0 Å². The lowest BCUT2D eigenvalue weighted by Gasteiger charge is -2.16. The first-order valence-electron chi connectivity index (χ1n) is 5.80. The van der Waals surface area contributed by atoms with Gasteiger partial charge in [-0.2, -0.15) is 0 Å². The number of methoxy groups -OCH3 is 1. The van der Waals surface area contributed by atoms with Crippen molar-refractivity contribution in [3.05, 3.63) is 63.9 Å². The molecule has 0 aliphatic rings. The molecular formula is C15H14ClFO2. The molecular weight excluding hydrogens is 267 g/mol. The van der Waals surface area contributed by atoms with Gasteiger partial charge in [0.05, 0.1) is 7.11 Å². The third-order valence-corrected chi connectivity index (χ3v) is 3.22. The van der Waals surface area contributed by atoms with Crippen molar-refractivity contribution < 1.29 is 14.2 Å². The molecule has 100 valence electrons. The summed E-state index contributed by atoms with van der Waals surface area (Å²) in [5.74, 6) is 0.243. The molecule has 2 aromatic carbocycles. The predicted octanol–water partition coefficient (Wildman–Crippen LogP) is 3.88. The minimum Gasteiger partial charge on any atom is -0.496 e. The lowest BCUT2D eigenvalue weighted by atomic mass is 9.99. The van der Waals surface area contributed by atoms with Crippen LogP contribution in [0.1, 0.15) is 22.8 Å². The Morgan fingerprint density at radius 3 is 2.58 bits per heavy atom. The van der Waals surface area contributed by atoms with Gasteiger partial charge >= 0.3 is 0 Å². The van der Waals surface area contributed by atoms with E-state index in [-0.39, 0.29) is 5.82 Å². The summed E-state index contributed by atoms with van der Waals surface area (Å²) >= 11 is 5.94. The smallest absolute Gasteiger partial charge is 0.126 e. The Kier molecular flexibility index (Phi) is 4.08. The normalized spacial score (nSPS) is 12.3. The summed E-state index contributed by atoms with van der Waals surface area (Å²) in [4.78, 5) is 0. The summed E-state index contributed by atoms with van der Waals surface area (Å²) < 4.78 is 18.5. The van der Waals surface area contributed by atoms with E-state index >= 15 is 0 Å². The summed E-state index contributed by atoms with van der Waals surface area (Å²) in [6, 6.07) is 9.52. The zero-order chi connectivity index (χ0) is 14.0. The average Bonchev–Trinajstić information content (AvgIpc) is 2.41. The molecule has 4 heteroatoms. The molecule has 2 aromatic rings. The van der Waals surface area contributed by atoms with Gasteiger partial charge in [-0.1, -0.05) is 23.7 Å². The van der Waals surface area contributed by atoms with E-state index in [0.717, 1.165) is 0 Å². The first-order chi connectivity index (χ1) is 9.02. The Morgan fingerprint density at radius 2 is 1.95 bits per heavy atom. The van der Waals surface area contributed by atoms with Crippen molar-refractivity contribution in [2.75, 3.05) is 7.11 Å². The van der Waals surface area contributed by atoms with Crippen LogP contribution in [0.5, 0.6) is 5.75 Å². The van der Waals surface area contributed by atoms with Crippen LogP contribution >= 0.6 is 11.6 Å². The first kappa shape index (κ1) is 13.8. The number of hydrogen-bond acceptors (Lipinski definition) is 2. The summed E-state index contributed by atoms with van der Waals surface area (Å²) in [7, 11) is 1.52. The van der Waals surface area contributed by atoms with E-state index in [1.165, 1.54) is 13.2 Å². The molecule has 0 spiro atoms. The van der Waals surface area contributed by atoms with E-state index in [0.29, 0.717) is 27.5 Å². The standard InChI is InChI=1S/C15H14ClFO2/c1-9-7-10(3-5-13(9)17)15(18)12-8-11(16)4-6-14(12)19-2/h3-8,15,18H,1-2H3. The highest BCUT2D eigenvalue weighted by Gasteiger charge is 2.16. The van der Waals surface area contributed by atoms with Crippen LogP contribution < -0.4 is 4.74 Å². The van der Waals surface area contributed by atoms with Gasteiger partial charge in [0.1, 0.15) is 17.7 Å². The van der Waals surface area contributed by atoms with Gasteiger partial charge in [-0.3, -0.25) is 0 Å². The molecule has 0 aromatic heterocycles. The quantitative estimate of drug-likeness (QED) is 0.924. The van der Waals surface area contributed by atoms with Crippen LogP contribution in [0, 0.1) is 12.7 Å². The Labute approximate surface area is 116 Å². The van der Waals surface area contributed by atoms with Gasteiger partial charge in [-0.05, 0) is 42.3 Å². The summed E-state index contributed by atoms with van der Waals surface area (Å²) in [5, 5.41) is 10.9. The second-order valence-corrected chi connectivity index (χ2v) is 4.73. The fourth-order valence-electron chi connectivity index (χ4n) is 1.94. The number of rotatable bonds is 3. The number of hydrogen-bond donors (Lipinski definition) is 1. The van der Waals surface area contributed by atoms with Crippen molar-refractivity contribution in [2.45, 2.75) is 13.0 Å². The summed E-state index contributed by atoms with van der Waals surface area (Å²) in [6.45, 7) is 1.65. The highest BCUT2D eigenvalue weighted by Crippen LogP contribution is 2.32. The zero-order valence-corrected chi connectivity index (χ0v) is 11.4. The molecule has 0 fully saturated rings. The summed E-state index contributed by atoms with van der Waals surface area (Å²) in [5.41, 5.74) is 1.64. The molecule has 0 amide bonds. The molecule has 0 aliphatic carbocycles. The molecule has 2 nitrogen and oxygen atoms in total. The van der Waals surface area contributed by atoms with Crippen LogP contribution in [-0.4, -0.2) is 12.2 Å². The fourth-order valence-corrected chi connectivity index (χ4v) is 2.12. The molecule has 2 rings (SSSR count). The lowest BCUT2D eigenvalue weighted by molar-refractivity contribution is 0.214. The predicted molar refractivity (Wildman–Crippen MR) is 73.2 cm³/mol. The molecule has 0 aliphatic heterocycles. The van der Waals surface area contributed by atoms with Crippen molar-refractivity contribution in [3.8, 4) is 5.75 Å². The average molecular weight is 281 g/mol. The van der Waals surface area contributed by atoms with E-state index < -0.39 is 6.10 Å². The van der Waals surface area contributed by atoms with E-state index in [4.69, 9.17) is 16.3 Å². The second-order valence-electron chi connectivity index (χ2n) is 4.30. The molecule has 0 saturated carbocycles. The summed E-state index contributed by atoms with van der Waals surface area (Å²) in [6.07, 6.45) is -0.909. The topological polar surface area (TPSA) is 29.5 Å². The maximum absolute atomic E-state index is 13.2. The van der Waals surface area contributed by atoms with Crippen molar-refractivity contribution in [1.29, 1.82) is 0 Å². The molecule has 1 unspecified atom stereocenters. The van der Waals surface area contributed by atoms with Gasteiger partial charge in [-0.15, -0.1) is 0 Å². The maximum atomic E-state index is 13.2. The highest BCUT2D eigenvalue weighted by molar-refractivity contribution is 6.30. The van der Waals surface area contributed by atoms with Gasteiger partial charge in [0, 0.05) is 10.6 Å². The first-order valence-corrected chi connectivity index (χ1v) is 6.18. The minimum atomic E-state index is -0.909. The molecule has 1 N–H and O–H groups in total. The molecule has 0 saturated heterocycles. The third-order valence-electron chi connectivity index (χ3n) is 2.98. The van der Waals surface area contributed by atoms with E-state index in [2.05, 4.69) is 0 Å². The van der Waals surface area contributed by atoms with Crippen molar-refractivity contribution in [1.82, 2.24) is 0 Å².